The van der Waals surface area contributed by atoms with Crippen LogP contribution in [0.25, 0.3) is 0 Å². The highest BCUT2D eigenvalue weighted by atomic mass is 16.5. The zero-order chi connectivity index (χ0) is 21.5. The lowest BCUT2D eigenvalue weighted by molar-refractivity contribution is 0.0600. The van der Waals surface area contributed by atoms with Crippen molar-refractivity contribution in [3.8, 4) is 6.07 Å². The van der Waals surface area contributed by atoms with Crippen LogP contribution in [0.2, 0.25) is 0 Å². The van der Waals surface area contributed by atoms with Crippen molar-refractivity contribution in [3.05, 3.63) is 95.1 Å². The fraction of sp³-hybridized carbons (Fsp3) is 0.0435. The summed E-state index contributed by atoms with van der Waals surface area (Å²) in [5.74, 6) is -1.21. The summed E-state index contributed by atoms with van der Waals surface area (Å²) in [4.78, 5) is 36.4. The average Bonchev–Trinajstić information content (AvgIpc) is 2.79. The summed E-state index contributed by atoms with van der Waals surface area (Å²) in [6.45, 7) is 0. The Morgan fingerprint density at radius 2 is 1.33 bits per heavy atom. The number of rotatable bonds is 5. The molecule has 0 aromatic heterocycles. The van der Waals surface area contributed by atoms with Crippen molar-refractivity contribution in [2.24, 2.45) is 0 Å². The molecule has 0 bridgehead atoms. The van der Waals surface area contributed by atoms with E-state index in [-0.39, 0.29) is 11.8 Å². The SMILES string of the molecule is COC(=O)c1cccc(NC(=O)c2ccc(C(=O)Nc3ccc(C#N)cc3)cc2)c1. The molecular formula is C23H17N3O4. The lowest BCUT2D eigenvalue weighted by Gasteiger charge is -2.08. The average molecular weight is 399 g/mol. The highest BCUT2D eigenvalue weighted by molar-refractivity contribution is 6.07. The summed E-state index contributed by atoms with van der Waals surface area (Å²) in [6.07, 6.45) is 0. The largest absolute Gasteiger partial charge is 0.465 e. The van der Waals surface area contributed by atoms with Crippen molar-refractivity contribution in [3.63, 3.8) is 0 Å². The number of nitriles is 1. The fourth-order valence-corrected chi connectivity index (χ4v) is 2.65. The number of ether oxygens (including phenoxy) is 1. The second-order valence-electron chi connectivity index (χ2n) is 6.25. The summed E-state index contributed by atoms with van der Waals surface area (Å²) >= 11 is 0. The number of hydrogen-bond donors (Lipinski definition) is 2. The van der Waals surface area contributed by atoms with E-state index in [9.17, 15) is 14.4 Å². The molecule has 2 amide bonds. The van der Waals surface area contributed by atoms with Crippen LogP contribution in [0.3, 0.4) is 0 Å². The third kappa shape index (κ3) is 4.88. The van der Waals surface area contributed by atoms with Crippen LogP contribution in [0.1, 0.15) is 36.6 Å². The molecule has 3 rings (SSSR count). The number of esters is 1. The molecule has 3 aromatic rings. The van der Waals surface area contributed by atoms with Crippen molar-refractivity contribution in [2.45, 2.75) is 0 Å². The number of nitrogens with zero attached hydrogens (tertiary/aromatic N) is 1. The maximum absolute atomic E-state index is 12.4. The smallest absolute Gasteiger partial charge is 0.337 e. The lowest BCUT2D eigenvalue weighted by atomic mass is 10.1. The molecule has 0 saturated heterocycles. The van der Waals surface area contributed by atoms with Crippen LogP contribution in [-0.2, 0) is 4.74 Å². The molecule has 148 valence electrons. The van der Waals surface area contributed by atoms with E-state index in [1.807, 2.05) is 6.07 Å². The molecule has 7 nitrogen and oxygen atoms in total. The van der Waals surface area contributed by atoms with Crippen LogP contribution < -0.4 is 10.6 Å². The summed E-state index contributed by atoms with van der Waals surface area (Å²) < 4.78 is 4.67. The molecule has 0 unspecified atom stereocenters. The van der Waals surface area contributed by atoms with Gasteiger partial charge in [-0.1, -0.05) is 6.07 Å². The Morgan fingerprint density at radius 3 is 1.87 bits per heavy atom. The third-order valence-electron chi connectivity index (χ3n) is 4.22. The van der Waals surface area contributed by atoms with E-state index >= 15 is 0 Å². The number of anilines is 2. The van der Waals surface area contributed by atoms with E-state index in [0.717, 1.165) is 0 Å². The molecule has 0 saturated carbocycles. The highest BCUT2D eigenvalue weighted by Gasteiger charge is 2.11. The van der Waals surface area contributed by atoms with Gasteiger partial charge in [0.1, 0.15) is 0 Å². The summed E-state index contributed by atoms with van der Waals surface area (Å²) in [5.41, 5.74) is 2.57. The summed E-state index contributed by atoms with van der Waals surface area (Å²) in [6, 6.07) is 21.1. The molecule has 0 fully saturated rings. The van der Waals surface area contributed by atoms with Gasteiger partial charge in [0, 0.05) is 22.5 Å². The molecule has 0 heterocycles. The van der Waals surface area contributed by atoms with Gasteiger partial charge in [-0.25, -0.2) is 4.79 Å². The van der Waals surface area contributed by atoms with E-state index in [1.54, 1.807) is 54.6 Å². The second kappa shape index (κ2) is 9.17. The van der Waals surface area contributed by atoms with Crippen molar-refractivity contribution in [1.82, 2.24) is 0 Å². The predicted octanol–water partition coefficient (Wildman–Crippen LogP) is 3.85. The van der Waals surface area contributed by atoms with Crippen molar-refractivity contribution >= 4 is 29.2 Å². The third-order valence-corrected chi connectivity index (χ3v) is 4.22. The predicted molar refractivity (Wildman–Crippen MR) is 111 cm³/mol. The highest BCUT2D eigenvalue weighted by Crippen LogP contribution is 2.15. The van der Waals surface area contributed by atoms with Gasteiger partial charge >= 0.3 is 5.97 Å². The molecule has 0 aliphatic heterocycles. The van der Waals surface area contributed by atoms with Gasteiger partial charge < -0.3 is 15.4 Å². The Morgan fingerprint density at radius 1 is 0.767 bits per heavy atom. The first-order valence-corrected chi connectivity index (χ1v) is 8.91. The molecule has 0 spiro atoms. The van der Waals surface area contributed by atoms with Crippen LogP contribution in [0.15, 0.2) is 72.8 Å². The second-order valence-corrected chi connectivity index (χ2v) is 6.25. The Kier molecular flexibility index (Phi) is 6.20. The van der Waals surface area contributed by atoms with Crippen LogP contribution in [0.4, 0.5) is 11.4 Å². The number of hydrogen-bond acceptors (Lipinski definition) is 5. The first kappa shape index (κ1) is 20.3. The van der Waals surface area contributed by atoms with Gasteiger partial charge in [0.2, 0.25) is 0 Å². The first-order valence-electron chi connectivity index (χ1n) is 8.91. The Hall–Kier alpha value is -4.44. The molecule has 0 aliphatic rings. The summed E-state index contributed by atoms with van der Waals surface area (Å²) in [7, 11) is 1.28. The number of carbonyl (C=O) groups is 3. The van der Waals surface area contributed by atoms with Crippen LogP contribution >= 0.6 is 0 Å². The zero-order valence-electron chi connectivity index (χ0n) is 16.0. The van der Waals surface area contributed by atoms with E-state index in [4.69, 9.17) is 5.26 Å². The van der Waals surface area contributed by atoms with Crippen LogP contribution in [0, 0.1) is 11.3 Å². The standard InChI is InChI=1S/C23H17N3O4/c1-30-23(29)18-3-2-4-20(13-18)26-22(28)17-9-7-16(8-10-17)21(27)25-19-11-5-15(14-24)6-12-19/h2-13H,1H3,(H,25,27)(H,26,28). The van der Waals surface area contributed by atoms with Gasteiger partial charge in [0.25, 0.3) is 11.8 Å². The minimum atomic E-state index is -0.497. The quantitative estimate of drug-likeness (QED) is 0.634. The van der Waals surface area contributed by atoms with E-state index in [0.29, 0.717) is 33.6 Å². The van der Waals surface area contributed by atoms with Crippen LogP contribution in [-0.4, -0.2) is 24.9 Å². The monoisotopic (exact) mass is 399 g/mol. The van der Waals surface area contributed by atoms with E-state index in [2.05, 4.69) is 15.4 Å². The lowest BCUT2D eigenvalue weighted by Crippen LogP contribution is -2.14. The molecule has 0 atom stereocenters. The fourth-order valence-electron chi connectivity index (χ4n) is 2.65. The number of methoxy groups -OCH3 is 1. The van der Waals surface area contributed by atoms with Gasteiger partial charge in [-0.15, -0.1) is 0 Å². The van der Waals surface area contributed by atoms with Crippen LogP contribution in [0.5, 0.6) is 0 Å². The Balaban J connectivity index is 1.66. The Labute approximate surface area is 172 Å². The summed E-state index contributed by atoms with van der Waals surface area (Å²) in [5, 5.41) is 14.2. The molecule has 7 heteroatoms. The molecule has 0 aliphatic carbocycles. The minimum absolute atomic E-state index is 0.324. The van der Waals surface area contributed by atoms with Gasteiger partial charge in [-0.3, -0.25) is 9.59 Å². The normalized spacial score (nSPS) is 9.87. The topological polar surface area (TPSA) is 108 Å². The van der Waals surface area contributed by atoms with Crippen molar-refractivity contribution in [2.75, 3.05) is 17.7 Å². The van der Waals surface area contributed by atoms with E-state index in [1.165, 1.54) is 25.3 Å². The molecule has 2 N–H and O–H groups in total. The van der Waals surface area contributed by atoms with Gasteiger partial charge in [0.05, 0.1) is 24.3 Å². The minimum Gasteiger partial charge on any atom is -0.465 e. The molecule has 0 radical (unpaired) electrons. The maximum atomic E-state index is 12.4. The van der Waals surface area contributed by atoms with Crippen molar-refractivity contribution in [1.29, 1.82) is 5.26 Å². The molecule has 30 heavy (non-hydrogen) atoms. The first-order chi connectivity index (χ1) is 14.5. The zero-order valence-corrected chi connectivity index (χ0v) is 16.0. The van der Waals surface area contributed by atoms with Gasteiger partial charge in [0.15, 0.2) is 0 Å². The number of benzene rings is 3. The van der Waals surface area contributed by atoms with Gasteiger partial charge in [-0.05, 0) is 66.7 Å². The van der Waals surface area contributed by atoms with E-state index < -0.39 is 5.97 Å². The molecular weight excluding hydrogens is 382 g/mol. The van der Waals surface area contributed by atoms with Gasteiger partial charge in [-0.2, -0.15) is 5.26 Å². The number of carbonyl (C=O) groups excluding carboxylic acids is 3. The number of amides is 2. The maximum Gasteiger partial charge on any atom is 0.337 e. The Bertz CT molecular complexity index is 1130. The van der Waals surface area contributed by atoms with Crippen molar-refractivity contribution < 1.29 is 19.1 Å². The number of nitrogens with one attached hydrogen (secondary N) is 2. The molecule has 3 aromatic carbocycles.